The summed E-state index contributed by atoms with van der Waals surface area (Å²) in [7, 11) is 0. The molecule has 1 saturated carbocycles. The van der Waals surface area contributed by atoms with E-state index in [1.807, 2.05) is 36.4 Å². The van der Waals surface area contributed by atoms with Crippen LogP contribution in [0.1, 0.15) is 43.4 Å². The van der Waals surface area contributed by atoms with E-state index >= 15 is 0 Å². The quantitative estimate of drug-likeness (QED) is 0.796. The van der Waals surface area contributed by atoms with E-state index in [0.717, 1.165) is 24.8 Å². The van der Waals surface area contributed by atoms with E-state index in [4.69, 9.17) is 4.74 Å². The van der Waals surface area contributed by atoms with E-state index in [1.165, 1.54) is 5.56 Å². The highest BCUT2D eigenvalue weighted by Crippen LogP contribution is 2.25. The fraction of sp³-hybridized carbons (Fsp3) is 0.381. The van der Waals surface area contributed by atoms with Crippen molar-refractivity contribution in [2.75, 3.05) is 0 Å². The van der Waals surface area contributed by atoms with Crippen molar-refractivity contribution < 1.29 is 9.53 Å². The number of nitrogens with one attached hydrogen (secondary N) is 2. The van der Waals surface area contributed by atoms with Gasteiger partial charge in [0.25, 0.3) is 0 Å². The van der Waals surface area contributed by atoms with E-state index in [0.29, 0.717) is 18.7 Å². The summed E-state index contributed by atoms with van der Waals surface area (Å²) < 4.78 is 5.27. The highest BCUT2D eigenvalue weighted by atomic mass is 16.5. The van der Waals surface area contributed by atoms with Crippen LogP contribution >= 0.6 is 0 Å². The smallest absolute Gasteiger partial charge is 0.407 e. The summed E-state index contributed by atoms with van der Waals surface area (Å²) in [6.45, 7) is 2.51. The lowest BCUT2D eigenvalue weighted by Crippen LogP contribution is -2.53. The highest BCUT2D eigenvalue weighted by molar-refractivity contribution is 5.67. The topological polar surface area (TPSA) is 50.4 Å². The van der Waals surface area contributed by atoms with Gasteiger partial charge in [-0.05, 0) is 30.4 Å². The molecular weight excluding hydrogens is 312 g/mol. The molecule has 0 saturated heterocycles. The first-order valence-electron chi connectivity index (χ1n) is 9.02. The van der Waals surface area contributed by atoms with Crippen molar-refractivity contribution in [3.63, 3.8) is 0 Å². The standard InChI is InChI=1S/C21H26N2O2/c1-2-20(17-11-7-4-8-12-17)22-18-13-19(14-18)23-21(24)25-15-16-9-5-3-6-10-16/h3-12,18-20,22H,2,13-15H2,1H3,(H,23,24). The number of benzene rings is 2. The van der Waals surface area contributed by atoms with Gasteiger partial charge in [-0.3, -0.25) is 0 Å². The number of amides is 1. The second-order valence-corrected chi connectivity index (χ2v) is 6.61. The Morgan fingerprint density at radius 2 is 1.68 bits per heavy atom. The van der Waals surface area contributed by atoms with Crippen LogP contribution in [0.25, 0.3) is 0 Å². The molecule has 0 heterocycles. The van der Waals surface area contributed by atoms with E-state index in [9.17, 15) is 4.79 Å². The highest BCUT2D eigenvalue weighted by Gasteiger charge is 2.32. The minimum Gasteiger partial charge on any atom is -0.445 e. The first-order valence-corrected chi connectivity index (χ1v) is 9.02. The van der Waals surface area contributed by atoms with Crippen LogP contribution < -0.4 is 10.6 Å². The number of ether oxygens (including phenoxy) is 1. The Morgan fingerprint density at radius 1 is 1.04 bits per heavy atom. The third-order valence-corrected chi connectivity index (χ3v) is 4.72. The molecule has 1 amide bonds. The van der Waals surface area contributed by atoms with Crippen LogP contribution in [0.5, 0.6) is 0 Å². The molecule has 1 unspecified atom stereocenters. The van der Waals surface area contributed by atoms with Crippen LogP contribution in [-0.2, 0) is 11.3 Å². The summed E-state index contributed by atoms with van der Waals surface area (Å²) >= 11 is 0. The number of carbonyl (C=O) groups is 1. The van der Waals surface area contributed by atoms with Crippen molar-refractivity contribution in [1.82, 2.24) is 10.6 Å². The predicted octanol–water partition coefficient (Wildman–Crippen LogP) is 4.18. The normalized spacial score (nSPS) is 20.4. The van der Waals surface area contributed by atoms with Gasteiger partial charge in [0.15, 0.2) is 0 Å². The Balaban J connectivity index is 1.37. The summed E-state index contributed by atoms with van der Waals surface area (Å²) in [6.07, 6.45) is 2.62. The maximum atomic E-state index is 11.9. The number of carbonyl (C=O) groups excluding carboxylic acids is 1. The first kappa shape index (κ1) is 17.5. The van der Waals surface area contributed by atoms with Crippen molar-refractivity contribution in [2.45, 2.75) is 50.9 Å². The van der Waals surface area contributed by atoms with Crippen molar-refractivity contribution in [1.29, 1.82) is 0 Å². The van der Waals surface area contributed by atoms with Crippen LogP contribution in [0.15, 0.2) is 60.7 Å². The van der Waals surface area contributed by atoms with Crippen molar-refractivity contribution >= 4 is 6.09 Å². The molecule has 0 bridgehead atoms. The molecule has 0 aliphatic heterocycles. The molecule has 2 aromatic rings. The number of alkyl carbamates (subject to hydrolysis) is 1. The molecular formula is C21H26N2O2. The summed E-state index contributed by atoms with van der Waals surface area (Å²) in [4.78, 5) is 11.9. The van der Waals surface area contributed by atoms with Gasteiger partial charge < -0.3 is 15.4 Å². The Bertz CT molecular complexity index is 654. The largest absolute Gasteiger partial charge is 0.445 e. The first-order chi connectivity index (χ1) is 12.2. The van der Waals surface area contributed by atoms with Crippen LogP contribution in [0.3, 0.4) is 0 Å². The fourth-order valence-corrected chi connectivity index (χ4v) is 3.22. The second-order valence-electron chi connectivity index (χ2n) is 6.61. The van der Waals surface area contributed by atoms with E-state index in [-0.39, 0.29) is 12.1 Å². The maximum Gasteiger partial charge on any atom is 0.407 e. The van der Waals surface area contributed by atoms with Gasteiger partial charge in [-0.15, -0.1) is 0 Å². The summed E-state index contributed by atoms with van der Waals surface area (Å²) in [5.41, 5.74) is 2.32. The monoisotopic (exact) mass is 338 g/mol. The Labute approximate surface area is 149 Å². The maximum absolute atomic E-state index is 11.9. The lowest BCUT2D eigenvalue weighted by Gasteiger charge is -2.38. The summed E-state index contributed by atoms with van der Waals surface area (Å²) in [6, 6.07) is 21.3. The number of rotatable bonds is 7. The van der Waals surface area contributed by atoms with Gasteiger partial charge in [0, 0.05) is 18.1 Å². The van der Waals surface area contributed by atoms with E-state index in [2.05, 4.69) is 41.8 Å². The molecule has 1 atom stereocenters. The summed E-state index contributed by atoms with van der Waals surface area (Å²) in [5.74, 6) is 0. The van der Waals surface area contributed by atoms with Crippen LogP contribution in [-0.4, -0.2) is 18.2 Å². The Morgan fingerprint density at radius 3 is 2.32 bits per heavy atom. The van der Waals surface area contributed by atoms with Crippen molar-refractivity contribution in [3.05, 3.63) is 71.8 Å². The van der Waals surface area contributed by atoms with Crippen LogP contribution in [0.4, 0.5) is 4.79 Å². The SMILES string of the molecule is CCC(NC1CC(NC(=O)OCc2ccccc2)C1)c1ccccc1. The van der Waals surface area contributed by atoms with Gasteiger partial charge in [-0.1, -0.05) is 67.6 Å². The fourth-order valence-electron chi connectivity index (χ4n) is 3.22. The minimum atomic E-state index is -0.331. The lowest BCUT2D eigenvalue weighted by molar-refractivity contribution is 0.124. The zero-order valence-electron chi connectivity index (χ0n) is 14.7. The Kier molecular flexibility index (Phi) is 6.07. The van der Waals surface area contributed by atoms with Gasteiger partial charge >= 0.3 is 6.09 Å². The third kappa shape index (κ3) is 5.07. The van der Waals surface area contributed by atoms with E-state index in [1.54, 1.807) is 0 Å². The van der Waals surface area contributed by atoms with E-state index < -0.39 is 0 Å². The molecule has 25 heavy (non-hydrogen) atoms. The number of hydrogen-bond acceptors (Lipinski definition) is 3. The molecule has 3 rings (SSSR count). The zero-order valence-corrected chi connectivity index (χ0v) is 14.7. The average molecular weight is 338 g/mol. The van der Waals surface area contributed by atoms with Gasteiger partial charge in [0.05, 0.1) is 0 Å². The number of hydrogen-bond donors (Lipinski definition) is 2. The molecule has 0 aromatic heterocycles. The summed E-state index contributed by atoms with van der Waals surface area (Å²) in [5, 5.41) is 6.63. The molecule has 0 spiro atoms. The lowest BCUT2D eigenvalue weighted by atomic mass is 9.85. The van der Waals surface area contributed by atoms with Crippen LogP contribution in [0, 0.1) is 0 Å². The molecule has 4 heteroatoms. The zero-order chi connectivity index (χ0) is 17.5. The molecule has 2 N–H and O–H groups in total. The van der Waals surface area contributed by atoms with Gasteiger partial charge in [-0.2, -0.15) is 0 Å². The molecule has 0 radical (unpaired) electrons. The Hall–Kier alpha value is -2.33. The second kappa shape index (κ2) is 8.67. The van der Waals surface area contributed by atoms with Crippen molar-refractivity contribution in [3.8, 4) is 0 Å². The van der Waals surface area contributed by atoms with Gasteiger partial charge in [-0.25, -0.2) is 4.79 Å². The van der Waals surface area contributed by atoms with Crippen LogP contribution in [0.2, 0.25) is 0 Å². The minimum absolute atomic E-state index is 0.203. The van der Waals surface area contributed by atoms with Gasteiger partial charge in [0.2, 0.25) is 0 Å². The van der Waals surface area contributed by atoms with Crippen molar-refractivity contribution in [2.24, 2.45) is 0 Å². The average Bonchev–Trinajstić information content (AvgIpc) is 2.63. The molecule has 1 fully saturated rings. The predicted molar refractivity (Wildman–Crippen MR) is 99.2 cm³/mol. The molecule has 1 aliphatic carbocycles. The molecule has 1 aliphatic rings. The molecule has 4 nitrogen and oxygen atoms in total. The third-order valence-electron chi connectivity index (χ3n) is 4.72. The molecule has 132 valence electrons. The molecule has 2 aromatic carbocycles. The van der Waals surface area contributed by atoms with Gasteiger partial charge in [0.1, 0.15) is 6.61 Å².